The van der Waals surface area contributed by atoms with Crippen LogP contribution < -0.4 is 0 Å². The molecule has 2 heteroatoms. The molecule has 1 aliphatic carbocycles. The molecule has 3 aromatic rings. The van der Waals surface area contributed by atoms with Crippen molar-refractivity contribution in [1.82, 2.24) is 0 Å². The minimum Gasteiger partial charge on any atom is -0.465 e. The van der Waals surface area contributed by atoms with Gasteiger partial charge >= 0.3 is 5.97 Å². The minimum atomic E-state index is -0.307. The van der Waals surface area contributed by atoms with Gasteiger partial charge in [0.25, 0.3) is 0 Å². The van der Waals surface area contributed by atoms with Crippen LogP contribution in [0.5, 0.6) is 0 Å². The van der Waals surface area contributed by atoms with Gasteiger partial charge in [0.15, 0.2) is 0 Å². The third kappa shape index (κ3) is 2.29. The topological polar surface area (TPSA) is 26.3 Å². The number of ether oxygens (including phenoxy) is 1. The SMILES string of the molecule is COC(=O)c1ccccc1-c1ccc2c(c1)C(C)(C)c1ccccc1-2. The fourth-order valence-electron chi connectivity index (χ4n) is 3.89. The van der Waals surface area contributed by atoms with Crippen LogP contribution in [0.25, 0.3) is 22.3 Å². The van der Waals surface area contributed by atoms with Crippen LogP contribution in [0.15, 0.2) is 66.7 Å². The van der Waals surface area contributed by atoms with Crippen LogP contribution in [-0.2, 0) is 10.2 Å². The first-order valence-corrected chi connectivity index (χ1v) is 8.46. The molecular weight excluding hydrogens is 308 g/mol. The average molecular weight is 328 g/mol. The van der Waals surface area contributed by atoms with Gasteiger partial charge in [0.05, 0.1) is 12.7 Å². The Morgan fingerprint density at radius 3 is 2.20 bits per heavy atom. The zero-order valence-electron chi connectivity index (χ0n) is 14.7. The first-order valence-electron chi connectivity index (χ1n) is 8.46. The van der Waals surface area contributed by atoms with E-state index in [2.05, 4.69) is 56.3 Å². The maximum Gasteiger partial charge on any atom is 0.338 e. The molecule has 0 bridgehead atoms. The summed E-state index contributed by atoms with van der Waals surface area (Å²) < 4.78 is 4.94. The molecule has 0 radical (unpaired) electrons. The van der Waals surface area contributed by atoms with E-state index >= 15 is 0 Å². The summed E-state index contributed by atoms with van der Waals surface area (Å²) in [6.45, 7) is 4.52. The Morgan fingerprint density at radius 2 is 1.44 bits per heavy atom. The van der Waals surface area contributed by atoms with Crippen molar-refractivity contribution in [3.63, 3.8) is 0 Å². The Kier molecular flexibility index (Phi) is 3.50. The molecule has 0 heterocycles. The Labute approximate surface area is 148 Å². The maximum absolute atomic E-state index is 12.1. The van der Waals surface area contributed by atoms with Gasteiger partial charge in [-0.2, -0.15) is 0 Å². The van der Waals surface area contributed by atoms with Crippen LogP contribution in [0.3, 0.4) is 0 Å². The molecule has 0 saturated carbocycles. The van der Waals surface area contributed by atoms with E-state index in [9.17, 15) is 4.79 Å². The first-order chi connectivity index (χ1) is 12.0. The molecule has 0 atom stereocenters. The monoisotopic (exact) mass is 328 g/mol. The molecule has 3 aromatic carbocycles. The summed E-state index contributed by atoms with van der Waals surface area (Å²) in [4.78, 5) is 12.1. The molecule has 0 fully saturated rings. The van der Waals surface area contributed by atoms with E-state index in [1.807, 2.05) is 24.3 Å². The second-order valence-corrected chi connectivity index (χ2v) is 6.97. The molecular formula is C23H20O2. The van der Waals surface area contributed by atoms with Crippen molar-refractivity contribution >= 4 is 5.97 Å². The first kappa shape index (κ1) is 15.6. The Morgan fingerprint density at radius 1 is 0.800 bits per heavy atom. The number of methoxy groups -OCH3 is 1. The third-order valence-electron chi connectivity index (χ3n) is 5.23. The molecule has 0 unspecified atom stereocenters. The van der Waals surface area contributed by atoms with Gasteiger partial charge in [0, 0.05) is 5.41 Å². The van der Waals surface area contributed by atoms with Crippen LogP contribution in [0.2, 0.25) is 0 Å². The van der Waals surface area contributed by atoms with Gasteiger partial charge in [-0.1, -0.05) is 68.4 Å². The molecule has 0 N–H and O–H groups in total. The highest BCUT2D eigenvalue weighted by molar-refractivity contribution is 5.97. The number of esters is 1. The van der Waals surface area contributed by atoms with Crippen molar-refractivity contribution in [2.75, 3.05) is 7.11 Å². The predicted molar refractivity (Wildman–Crippen MR) is 101 cm³/mol. The lowest BCUT2D eigenvalue weighted by molar-refractivity contribution is 0.0601. The largest absolute Gasteiger partial charge is 0.465 e. The highest BCUT2D eigenvalue weighted by Crippen LogP contribution is 2.49. The number of hydrogen-bond acceptors (Lipinski definition) is 2. The standard InChI is InChI=1S/C23H20O2/c1-23(2)20-11-7-6-9-17(20)18-13-12-15(14-21(18)23)16-8-4-5-10-19(16)22(24)25-3/h4-14H,1-3H3. The number of fused-ring (bicyclic) bond motifs is 3. The Hall–Kier alpha value is -2.87. The van der Waals surface area contributed by atoms with Crippen LogP contribution in [0, 0.1) is 0 Å². The summed E-state index contributed by atoms with van der Waals surface area (Å²) in [7, 11) is 1.42. The van der Waals surface area contributed by atoms with Crippen molar-refractivity contribution in [3.8, 4) is 22.3 Å². The fourth-order valence-corrected chi connectivity index (χ4v) is 3.89. The van der Waals surface area contributed by atoms with Crippen molar-refractivity contribution in [1.29, 1.82) is 0 Å². The van der Waals surface area contributed by atoms with Gasteiger partial charge < -0.3 is 4.74 Å². The molecule has 0 spiro atoms. The number of carbonyl (C=O) groups excluding carboxylic acids is 1. The van der Waals surface area contributed by atoms with Gasteiger partial charge in [0.1, 0.15) is 0 Å². The lowest BCUT2D eigenvalue weighted by atomic mass is 9.81. The quantitative estimate of drug-likeness (QED) is 0.585. The fraction of sp³-hybridized carbons (Fsp3) is 0.174. The Balaban J connectivity index is 1.91. The molecule has 124 valence electrons. The zero-order valence-corrected chi connectivity index (χ0v) is 14.7. The lowest BCUT2D eigenvalue weighted by Crippen LogP contribution is -2.15. The van der Waals surface area contributed by atoms with E-state index in [4.69, 9.17) is 4.74 Å². The molecule has 0 amide bonds. The average Bonchev–Trinajstić information content (AvgIpc) is 2.89. The molecule has 0 saturated heterocycles. The third-order valence-corrected chi connectivity index (χ3v) is 5.23. The van der Waals surface area contributed by atoms with E-state index in [1.165, 1.54) is 29.4 Å². The number of benzene rings is 3. The minimum absolute atomic E-state index is 0.0534. The molecule has 25 heavy (non-hydrogen) atoms. The van der Waals surface area contributed by atoms with Crippen LogP contribution in [0.1, 0.15) is 35.3 Å². The van der Waals surface area contributed by atoms with E-state index in [-0.39, 0.29) is 11.4 Å². The summed E-state index contributed by atoms with van der Waals surface area (Å²) in [5.41, 5.74) is 7.72. The van der Waals surface area contributed by atoms with Crippen molar-refractivity contribution in [3.05, 3.63) is 83.4 Å². The van der Waals surface area contributed by atoms with E-state index in [1.54, 1.807) is 0 Å². The predicted octanol–water partition coefficient (Wildman–Crippen LogP) is 5.45. The Bertz CT molecular complexity index is 983. The summed E-state index contributed by atoms with van der Waals surface area (Å²) in [6, 6.07) is 22.7. The van der Waals surface area contributed by atoms with Crippen LogP contribution >= 0.6 is 0 Å². The van der Waals surface area contributed by atoms with Gasteiger partial charge in [-0.3, -0.25) is 0 Å². The van der Waals surface area contributed by atoms with Gasteiger partial charge in [-0.15, -0.1) is 0 Å². The van der Waals surface area contributed by atoms with E-state index in [0.29, 0.717) is 5.56 Å². The molecule has 0 aromatic heterocycles. The molecule has 1 aliphatic rings. The zero-order chi connectivity index (χ0) is 17.6. The lowest BCUT2D eigenvalue weighted by Gasteiger charge is -2.22. The summed E-state index contributed by atoms with van der Waals surface area (Å²) in [5.74, 6) is -0.307. The smallest absolute Gasteiger partial charge is 0.338 e. The van der Waals surface area contributed by atoms with Gasteiger partial charge in [-0.05, 0) is 45.5 Å². The van der Waals surface area contributed by atoms with E-state index in [0.717, 1.165) is 11.1 Å². The number of hydrogen-bond donors (Lipinski definition) is 0. The van der Waals surface area contributed by atoms with Crippen molar-refractivity contribution in [2.24, 2.45) is 0 Å². The van der Waals surface area contributed by atoms with Gasteiger partial charge in [-0.25, -0.2) is 4.79 Å². The summed E-state index contributed by atoms with van der Waals surface area (Å²) in [6.07, 6.45) is 0. The van der Waals surface area contributed by atoms with Gasteiger partial charge in [0.2, 0.25) is 0 Å². The van der Waals surface area contributed by atoms with Crippen molar-refractivity contribution < 1.29 is 9.53 Å². The summed E-state index contributed by atoms with van der Waals surface area (Å²) >= 11 is 0. The molecule has 0 aliphatic heterocycles. The summed E-state index contributed by atoms with van der Waals surface area (Å²) in [5, 5.41) is 0. The highest BCUT2D eigenvalue weighted by Gasteiger charge is 2.35. The van der Waals surface area contributed by atoms with Crippen molar-refractivity contribution in [2.45, 2.75) is 19.3 Å². The second-order valence-electron chi connectivity index (χ2n) is 6.97. The number of rotatable bonds is 2. The normalized spacial score (nSPS) is 13.9. The van der Waals surface area contributed by atoms with Crippen LogP contribution in [-0.4, -0.2) is 13.1 Å². The van der Waals surface area contributed by atoms with E-state index < -0.39 is 0 Å². The molecule has 2 nitrogen and oxygen atoms in total. The maximum atomic E-state index is 12.1. The second kappa shape index (κ2) is 5.59. The van der Waals surface area contributed by atoms with Crippen LogP contribution in [0.4, 0.5) is 0 Å². The molecule has 4 rings (SSSR count). The highest BCUT2D eigenvalue weighted by atomic mass is 16.5. The number of carbonyl (C=O) groups is 1.